The molecule has 17 heavy (non-hydrogen) atoms. The molecule has 0 bridgehead atoms. The minimum Gasteiger partial charge on any atom is -0.329 e. The molecule has 0 atom stereocenters. The predicted octanol–water partition coefficient (Wildman–Crippen LogP) is 1.27. The van der Waals surface area contributed by atoms with Crippen LogP contribution in [0.3, 0.4) is 0 Å². The zero-order valence-corrected chi connectivity index (χ0v) is 10.6. The smallest absolute Gasteiger partial charge is 0.233 e. The standard InChI is InChI=1S/C12H18N2O2S/c13-8-9-17(15,16)14-12-7-3-5-10-4-1-2-6-11(10)12/h3,5,7,14H,1-2,4,6,8-9,13H2. The molecule has 1 aliphatic carbocycles. The van der Waals surface area contributed by atoms with Crippen molar-refractivity contribution in [2.45, 2.75) is 25.7 Å². The lowest BCUT2D eigenvalue weighted by molar-refractivity contribution is 0.600. The molecular weight excluding hydrogens is 236 g/mol. The van der Waals surface area contributed by atoms with Gasteiger partial charge in [-0.05, 0) is 42.9 Å². The van der Waals surface area contributed by atoms with Gasteiger partial charge in [0, 0.05) is 6.54 Å². The van der Waals surface area contributed by atoms with Gasteiger partial charge in [0.05, 0.1) is 11.4 Å². The molecule has 0 radical (unpaired) electrons. The van der Waals surface area contributed by atoms with E-state index in [1.807, 2.05) is 12.1 Å². The van der Waals surface area contributed by atoms with Crippen molar-refractivity contribution in [1.29, 1.82) is 0 Å². The normalized spacial score (nSPS) is 15.4. The molecule has 0 saturated heterocycles. The molecule has 2 rings (SSSR count). The van der Waals surface area contributed by atoms with E-state index >= 15 is 0 Å². The predicted molar refractivity (Wildman–Crippen MR) is 69.5 cm³/mol. The van der Waals surface area contributed by atoms with Gasteiger partial charge in [0.1, 0.15) is 0 Å². The number of benzene rings is 1. The first-order valence-corrected chi connectivity index (χ1v) is 7.59. The zero-order chi connectivity index (χ0) is 12.3. The molecule has 4 nitrogen and oxygen atoms in total. The van der Waals surface area contributed by atoms with Crippen molar-refractivity contribution >= 4 is 15.7 Å². The molecule has 1 aliphatic rings. The van der Waals surface area contributed by atoms with Crippen LogP contribution in [0.2, 0.25) is 0 Å². The van der Waals surface area contributed by atoms with Gasteiger partial charge in [-0.1, -0.05) is 12.1 Å². The Hall–Kier alpha value is -1.07. The van der Waals surface area contributed by atoms with Crippen LogP contribution in [0.5, 0.6) is 0 Å². The van der Waals surface area contributed by atoms with Crippen molar-refractivity contribution in [3.8, 4) is 0 Å². The van der Waals surface area contributed by atoms with Gasteiger partial charge in [-0.2, -0.15) is 0 Å². The summed E-state index contributed by atoms with van der Waals surface area (Å²) in [6.07, 6.45) is 4.31. The fourth-order valence-corrected chi connectivity index (χ4v) is 3.19. The Morgan fingerprint density at radius 1 is 1.24 bits per heavy atom. The minimum atomic E-state index is -3.29. The van der Waals surface area contributed by atoms with Crippen molar-refractivity contribution in [1.82, 2.24) is 0 Å². The Morgan fingerprint density at radius 2 is 2.00 bits per heavy atom. The highest BCUT2D eigenvalue weighted by molar-refractivity contribution is 7.92. The monoisotopic (exact) mass is 254 g/mol. The van der Waals surface area contributed by atoms with Gasteiger partial charge >= 0.3 is 0 Å². The van der Waals surface area contributed by atoms with Gasteiger partial charge in [-0.25, -0.2) is 8.42 Å². The fraction of sp³-hybridized carbons (Fsp3) is 0.500. The van der Waals surface area contributed by atoms with E-state index in [2.05, 4.69) is 10.8 Å². The highest BCUT2D eigenvalue weighted by atomic mass is 32.2. The second-order valence-electron chi connectivity index (χ2n) is 4.36. The van der Waals surface area contributed by atoms with Crippen molar-refractivity contribution < 1.29 is 8.42 Å². The average molecular weight is 254 g/mol. The van der Waals surface area contributed by atoms with Crippen LogP contribution >= 0.6 is 0 Å². The molecule has 0 saturated carbocycles. The number of aryl methyl sites for hydroxylation is 1. The van der Waals surface area contributed by atoms with Crippen molar-refractivity contribution in [3.05, 3.63) is 29.3 Å². The summed E-state index contributed by atoms with van der Waals surface area (Å²) in [4.78, 5) is 0. The third-order valence-electron chi connectivity index (χ3n) is 3.05. The van der Waals surface area contributed by atoms with Crippen LogP contribution in [-0.2, 0) is 22.9 Å². The molecular formula is C12H18N2O2S. The van der Waals surface area contributed by atoms with E-state index in [9.17, 15) is 8.42 Å². The summed E-state index contributed by atoms with van der Waals surface area (Å²) < 4.78 is 26.0. The number of rotatable bonds is 4. The summed E-state index contributed by atoms with van der Waals surface area (Å²) in [5, 5.41) is 0. The van der Waals surface area contributed by atoms with E-state index in [1.54, 1.807) is 0 Å². The van der Waals surface area contributed by atoms with E-state index in [0.29, 0.717) is 0 Å². The van der Waals surface area contributed by atoms with Crippen LogP contribution in [0.15, 0.2) is 18.2 Å². The second-order valence-corrected chi connectivity index (χ2v) is 6.20. The Balaban J connectivity index is 2.27. The van der Waals surface area contributed by atoms with Gasteiger partial charge in [-0.15, -0.1) is 0 Å². The number of hydrogen-bond acceptors (Lipinski definition) is 3. The topological polar surface area (TPSA) is 72.2 Å². The molecule has 94 valence electrons. The quantitative estimate of drug-likeness (QED) is 0.849. The summed E-state index contributed by atoms with van der Waals surface area (Å²) in [7, 11) is -3.29. The molecule has 1 aromatic carbocycles. The molecule has 0 aliphatic heterocycles. The van der Waals surface area contributed by atoms with Crippen molar-refractivity contribution in [3.63, 3.8) is 0 Å². The van der Waals surface area contributed by atoms with Gasteiger partial charge in [0.2, 0.25) is 10.0 Å². The Labute approximate surface area is 102 Å². The van der Waals surface area contributed by atoms with Crippen LogP contribution in [-0.4, -0.2) is 20.7 Å². The second kappa shape index (κ2) is 5.06. The first-order valence-electron chi connectivity index (χ1n) is 5.94. The van der Waals surface area contributed by atoms with E-state index in [0.717, 1.165) is 30.5 Å². The van der Waals surface area contributed by atoms with E-state index in [-0.39, 0.29) is 12.3 Å². The van der Waals surface area contributed by atoms with E-state index in [4.69, 9.17) is 5.73 Å². The first-order chi connectivity index (χ1) is 8.12. The van der Waals surface area contributed by atoms with Crippen LogP contribution in [0.4, 0.5) is 5.69 Å². The van der Waals surface area contributed by atoms with E-state index < -0.39 is 10.0 Å². The third-order valence-corrected chi connectivity index (χ3v) is 4.35. The molecule has 0 aromatic heterocycles. The lowest BCUT2D eigenvalue weighted by Crippen LogP contribution is -2.23. The molecule has 0 amide bonds. The maximum Gasteiger partial charge on any atom is 0.233 e. The van der Waals surface area contributed by atoms with Crippen LogP contribution < -0.4 is 10.5 Å². The van der Waals surface area contributed by atoms with Gasteiger partial charge in [0.15, 0.2) is 0 Å². The summed E-state index contributed by atoms with van der Waals surface area (Å²) in [5.41, 5.74) is 8.44. The highest BCUT2D eigenvalue weighted by Crippen LogP contribution is 2.28. The van der Waals surface area contributed by atoms with Crippen molar-refractivity contribution in [2.24, 2.45) is 5.73 Å². The molecule has 0 fully saturated rings. The Bertz CT molecular complexity index is 497. The third kappa shape index (κ3) is 2.98. The number of fused-ring (bicyclic) bond motifs is 1. The first kappa shape index (κ1) is 12.4. The van der Waals surface area contributed by atoms with Crippen molar-refractivity contribution in [2.75, 3.05) is 17.0 Å². The number of nitrogens with one attached hydrogen (secondary N) is 1. The SMILES string of the molecule is NCCS(=O)(=O)Nc1cccc2c1CCCC2. The summed E-state index contributed by atoms with van der Waals surface area (Å²) in [6.45, 7) is 0.143. The van der Waals surface area contributed by atoms with Crippen LogP contribution in [0.25, 0.3) is 0 Å². The van der Waals surface area contributed by atoms with Gasteiger partial charge in [0.25, 0.3) is 0 Å². The lowest BCUT2D eigenvalue weighted by atomic mass is 9.91. The van der Waals surface area contributed by atoms with Gasteiger partial charge in [-0.3, -0.25) is 4.72 Å². The Morgan fingerprint density at radius 3 is 2.76 bits per heavy atom. The number of sulfonamides is 1. The van der Waals surface area contributed by atoms with Crippen LogP contribution in [0, 0.1) is 0 Å². The largest absolute Gasteiger partial charge is 0.329 e. The fourth-order valence-electron chi connectivity index (χ4n) is 2.25. The lowest BCUT2D eigenvalue weighted by Gasteiger charge is -2.19. The average Bonchev–Trinajstić information content (AvgIpc) is 2.29. The number of hydrogen-bond donors (Lipinski definition) is 2. The molecule has 1 aromatic rings. The molecule has 0 spiro atoms. The molecule has 3 N–H and O–H groups in total. The molecule has 0 heterocycles. The summed E-state index contributed by atoms with van der Waals surface area (Å²) >= 11 is 0. The number of anilines is 1. The maximum absolute atomic E-state index is 11.7. The maximum atomic E-state index is 11.7. The summed E-state index contributed by atoms with van der Waals surface area (Å²) in [5.74, 6) is -0.0311. The summed E-state index contributed by atoms with van der Waals surface area (Å²) in [6, 6.07) is 5.82. The molecule has 5 heteroatoms. The minimum absolute atomic E-state index is 0.0311. The molecule has 0 unspecified atom stereocenters. The van der Waals surface area contributed by atoms with Crippen LogP contribution in [0.1, 0.15) is 24.0 Å². The van der Waals surface area contributed by atoms with Gasteiger partial charge < -0.3 is 5.73 Å². The highest BCUT2D eigenvalue weighted by Gasteiger charge is 2.16. The zero-order valence-electron chi connectivity index (χ0n) is 9.78. The number of nitrogens with two attached hydrogens (primary N) is 1. The Kier molecular flexibility index (Phi) is 3.69. The van der Waals surface area contributed by atoms with E-state index in [1.165, 1.54) is 12.0 Å².